The summed E-state index contributed by atoms with van der Waals surface area (Å²) in [5, 5.41) is 53.4. The van der Waals surface area contributed by atoms with E-state index in [1.807, 2.05) is 91.1 Å². The number of benzene rings is 5. The van der Waals surface area contributed by atoms with Gasteiger partial charge in [-0.3, -0.25) is 24.4 Å². The number of pyridine rings is 1. The van der Waals surface area contributed by atoms with Gasteiger partial charge in [-0.05, 0) is 130 Å². The minimum Gasteiger partial charge on any atom is -0.508 e. The Morgan fingerprint density at radius 3 is 2.14 bits per heavy atom. The number of carbonyl (C=O) groups is 3. The van der Waals surface area contributed by atoms with Gasteiger partial charge in [0.1, 0.15) is 29.4 Å². The molecule has 0 spiro atoms. The molecule has 2 saturated heterocycles. The van der Waals surface area contributed by atoms with Crippen LogP contribution in [0.5, 0.6) is 28.7 Å². The third-order valence-corrected chi connectivity index (χ3v) is 17.8. The van der Waals surface area contributed by atoms with E-state index < -0.39 is 24.1 Å². The molecule has 4 heterocycles. The number of phenolic OH excluding ortho intramolecular Hbond substituents is 1. The van der Waals surface area contributed by atoms with E-state index >= 15 is 0 Å². The first kappa shape index (κ1) is 71.4. The van der Waals surface area contributed by atoms with Crippen LogP contribution >= 0.6 is 0 Å². The number of ether oxygens (including phenoxy) is 5. The van der Waals surface area contributed by atoms with Crippen molar-refractivity contribution < 1.29 is 63.6 Å². The van der Waals surface area contributed by atoms with Crippen LogP contribution in [0.3, 0.4) is 0 Å². The number of piperidine rings is 1. The summed E-state index contributed by atoms with van der Waals surface area (Å²) in [5.74, 6) is 2.18. The number of anilines is 2. The third kappa shape index (κ3) is 21.0. The van der Waals surface area contributed by atoms with Gasteiger partial charge in [0.05, 0.1) is 66.0 Å². The summed E-state index contributed by atoms with van der Waals surface area (Å²) in [4.78, 5) is 48.6. The molecule has 3 fully saturated rings. The summed E-state index contributed by atoms with van der Waals surface area (Å²) in [6.07, 6.45) is 17.5. The second-order valence-corrected chi connectivity index (χ2v) is 24.2. The fraction of sp³-hybridized carbons (Fsp3) is 0.473. The Morgan fingerprint density at radius 1 is 0.793 bits per heavy atom. The number of esters is 1. The van der Waals surface area contributed by atoms with Crippen LogP contribution in [-0.4, -0.2) is 151 Å². The number of hydrogen-bond acceptors (Lipinski definition) is 17. The number of ketones is 1. The van der Waals surface area contributed by atoms with Crippen LogP contribution in [-0.2, 0) is 25.5 Å². The number of carbonyl (C=O) groups excluding carboxylic acids is 2. The third-order valence-electron chi connectivity index (χ3n) is 17.8. The van der Waals surface area contributed by atoms with Gasteiger partial charge in [-0.1, -0.05) is 118 Å². The van der Waals surface area contributed by atoms with E-state index in [2.05, 4.69) is 70.3 Å². The smallest absolute Gasteiger partial charge is 0.316 e. The number of aliphatic hydroxyl groups is 3. The predicted molar refractivity (Wildman–Crippen MR) is 361 cm³/mol. The summed E-state index contributed by atoms with van der Waals surface area (Å²) in [6, 6.07) is 37.9. The topological polar surface area (TPSA) is 242 Å². The number of phenols is 1. The van der Waals surface area contributed by atoms with Gasteiger partial charge < -0.3 is 64.3 Å². The number of amidine groups is 1. The average Bonchev–Trinajstić information content (AvgIpc) is 0.873. The van der Waals surface area contributed by atoms with Crippen molar-refractivity contribution in [3.8, 4) is 28.7 Å². The molecule has 92 heavy (non-hydrogen) atoms. The number of carboxylic acids is 1. The van der Waals surface area contributed by atoms with Gasteiger partial charge in [0.25, 0.3) is 0 Å². The van der Waals surface area contributed by atoms with Crippen LogP contribution in [0.2, 0.25) is 0 Å². The summed E-state index contributed by atoms with van der Waals surface area (Å²) >= 11 is 0. The van der Waals surface area contributed by atoms with E-state index in [0.29, 0.717) is 54.5 Å². The molecular formula is C74H97N5O13. The first-order chi connectivity index (χ1) is 44.6. The van der Waals surface area contributed by atoms with Gasteiger partial charge in [-0.25, -0.2) is 0 Å². The number of nitrogens with zero attached hydrogens (tertiary/aromatic N) is 4. The molecule has 8 atom stereocenters. The molecule has 1 aliphatic carbocycles. The fourth-order valence-corrected chi connectivity index (χ4v) is 12.6. The lowest BCUT2D eigenvalue weighted by molar-refractivity contribution is -0.155. The second-order valence-electron chi connectivity index (χ2n) is 24.2. The highest BCUT2D eigenvalue weighted by molar-refractivity contribution is 5.90. The molecule has 1 aromatic heterocycles. The van der Waals surface area contributed by atoms with Crippen LogP contribution in [0.25, 0.3) is 10.8 Å². The molecule has 6 aromatic rings. The molecule has 1 saturated carbocycles. The zero-order valence-electron chi connectivity index (χ0n) is 54.8. The summed E-state index contributed by atoms with van der Waals surface area (Å²) in [6.45, 7) is 6.39. The Labute approximate surface area is 543 Å². The molecule has 5 aromatic carbocycles. The summed E-state index contributed by atoms with van der Waals surface area (Å²) in [5.41, 5.74) is 6.14. The van der Waals surface area contributed by atoms with E-state index in [4.69, 9.17) is 28.8 Å². The van der Waals surface area contributed by atoms with Gasteiger partial charge in [0.15, 0.2) is 23.0 Å². The molecule has 18 heteroatoms. The maximum absolute atomic E-state index is 12.4. The van der Waals surface area contributed by atoms with Crippen molar-refractivity contribution in [2.24, 2.45) is 16.8 Å². The largest absolute Gasteiger partial charge is 0.508 e. The minimum absolute atomic E-state index is 0.00367. The van der Waals surface area contributed by atoms with Crippen molar-refractivity contribution >= 4 is 45.7 Å². The van der Waals surface area contributed by atoms with Crippen LogP contribution in [0.15, 0.2) is 139 Å². The summed E-state index contributed by atoms with van der Waals surface area (Å²) < 4.78 is 27.2. The number of aryl methyl sites for hydroxylation is 1. The Balaban J connectivity index is 0.000000174. The first-order valence-electron chi connectivity index (χ1n) is 32.5. The highest BCUT2D eigenvalue weighted by Crippen LogP contribution is 2.38. The molecular weight excluding hydrogens is 1170 g/mol. The average molecular weight is 1260 g/mol. The van der Waals surface area contributed by atoms with Crippen LogP contribution in [0, 0.1) is 18.8 Å². The van der Waals surface area contributed by atoms with Crippen LogP contribution in [0.4, 0.5) is 11.4 Å². The van der Waals surface area contributed by atoms with Crippen LogP contribution < -0.4 is 29.2 Å². The number of aliphatic hydroxyl groups excluding tert-OH is 3. The van der Waals surface area contributed by atoms with Crippen molar-refractivity contribution in [1.82, 2.24) is 15.2 Å². The van der Waals surface area contributed by atoms with Gasteiger partial charge in [-0.2, -0.15) is 0 Å². The van der Waals surface area contributed by atoms with Gasteiger partial charge in [0, 0.05) is 78.8 Å². The number of rotatable bonds is 27. The molecule has 3 aliphatic heterocycles. The number of aliphatic imine (C=N–C) groups is 1. The minimum atomic E-state index is -0.767. The zero-order chi connectivity index (χ0) is 65.9. The standard InChI is InChI=1S/C20H21NO4.C20H34O5.C17H19N3O.C17H23NO3/c1-22-17-6-5-13(10-18(17)23-2)9-16-15-12-20(25-4)19(24-3)11-14(15)7-8-21-16;1-2-3-6-9-15(21)12-13-17-16(18(22)14-19(17)23)10-7-4-5-8-11-20(24)25;1-13-5-7-14(8-6-13)20(12-17-18-9-10-19-17)15-3-2-4-16(21)11-15;1-18-13-7-8-14(18)10-15(9-13)21-17(20)16(11-19)12-5-3-2-4-6-12/h5-8,10-12H,9H2,1-4H3;12-13,15-17,19,21,23H,2-11,14H2,1H3,(H,24,25);2-8,11,21H,9-10,12H2,1H3,(H,18,19);2-6,13-16,19H,7-11H2,1H3/b;13-12+;;/t;15-,16+,17+,19+;;13-,14+,15?,16?/m.0../s1. The van der Waals surface area contributed by atoms with E-state index in [-0.39, 0.29) is 54.9 Å². The summed E-state index contributed by atoms with van der Waals surface area (Å²) in [7, 11) is 8.70. The number of fused-ring (bicyclic) bond motifs is 3. The quantitative estimate of drug-likeness (QED) is 0.0160. The van der Waals surface area contributed by atoms with Gasteiger partial charge in [0.2, 0.25) is 0 Å². The number of nitrogens with one attached hydrogen (secondary N) is 1. The number of aliphatic carboxylic acids is 1. The van der Waals surface area contributed by atoms with Crippen molar-refractivity contribution in [2.75, 3.05) is 66.6 Å². The number of hydrogen-bond donors (Lipinski definition) is 6. The van der Waals surface area contributed by atoms with Crippen molar-refractivity contribution in [3.05, 3.63) is 156 Å². The molecule has 496 valence electrons. The second kappa shape index (κ2) is 36.9. The van der Waals surface area contributed by atoms with Gasteiger partial charge >= 0.3 is 11.9 Å². The SMILES string of the molecule is CCCCC[C@H](O)/C=C/[C@H]1[C@H](O)CC(=O)[C@@H]1CCCCCCC(=O)O.CN1[C@@H]2CC[C@H]1CC(OC(=O)C(CO)c1ccccc1)C2.COc1ccc(Cc2nccc3cc(OC)c(OC)cc23)cc1OC.Cc1ccc(N(CC2=NCCN2)c2cccc(O)c2)cc1. The van der Waals surface area contributed by atoms with Crippen molar-refractivity contribution in [2.45, 2.75) is 153 Å². The van der Waals surface area contributed by atoms with E-state index in [9.17, 15) is 34.8 Å². The Bertz CT molecular complexity index is 3310. The Morgan fingerprint density at radius 2 is 1.49 bits per heavy atom. The molecule has 10 rings (SSSR count). The number of aromatic nitrogens is 1. The van der Waals surface area contributed by atoms with E-state index in [0.717, 1.165) is 122 Å². The number of aromatic hydroxyl groups is 1. The molecule has 2 unspecified atom stereocenters. The lowest BCUT2D eigenvalue weighted by Crippen LogP contribution is -2.43. The maximum Gasteiger partial charge on any atom is 0.316 e. The monoisotopic (exact) mass is 1260 g/mol. The predicted octanol–water partition coefficient (Wildman–Crippen LogP) is 12.1. The number of carboxylic acid groups (broad SMARTS) is 1. The molecule has 0 radical (unpaired) electrons. The fourth-order valence-electron chi connectivity index (χ4n) is 12.6. The van der Waals surface area contributed by atoms with Crippen molar-refractivity contribution in [1.29, 1.82) is 0 Å². The van der Waals surface area contributed by atoms with Crippen molar-refractivity contribution in [3.63, 3.8) is 0 Å². The number of Topliss-reactive ketones (excluding diaryl/α,β-unsaturated/α-hetero) is 1. The molecule has 0 amide bonds. The lowest BCUT2D eigenvalue weighted by atomic mass is 9.88. The number of methoxy groups -OCH3 is 4. The van der Waals surface area contributed by atoms with E-state index in [1.165, 1.54) is 18.4 Å². The zero-order valence-corrected chi connectivity index (χ0v) is 54.8. The first-order valence-corrected chi connectivity index (χ1v) is 32.5. The Kier molecular flexibility index (Phi) is 28.6. The Hall–Kier alpha value is -8.03. The number of unbranched alkanes of at least 4 members (excludes halogenated alkanes) is 5. The highest BCUT2D eigenvalue weighted by Gasteiger charge is 2.41. The van der Waals surface area contributed by atoms with E-state index in [1.54, 1.807) is 46.6 Å². The lowest BCUT2D eigenvalue weighted by Gasteiger charge is -2.36. The van der Waals surface area contributed by atoms with Gasteiger partial charge in [-0.15, -0.1) is 0 Å². The molecule has 4 aliphatic rings. The molecule has 6 N–H and O–H groups in total. The molecule has 18 nitrogen and oxygen atoms in total. The highest BCUT2D eigenvalue weighted by atomic mass is 16.5. The maximum atomic E-state index is 12.4. The van der Waals surface area contributed by atoms with Crippen LogP contribution in [0.1, 0.15) is 132 Å². The molecule has 2 bridgehead atoms. The normalized spacial score (nSPS) is 19.6.